The van der Waals surface area contributed by atoms with Gasteiger partial charge in [0.25, 0.3) is 0 Å². The number of carbonyl (C=O) groups is 1. The lowest BCUT2D eigenvalue weighted by Gasteiger charge is -2.43. The van der Waals surface area contributed by atoms with Gasteiger partial charge in [-0.3, -0.25) is 9.69 Å². The maximum Gasteiger partial charge on any atom is 0.238 e. The van der Waals surface area contributed by atoms with Crippen LogP contribution in [-0.2, 0) is 9.53 Å². The van der Waals surface area contributed by atoms with Crippen molar-refractivity contribution in [1.82, 2.24) is 10.2 Å². The Labute approximate surface area is 116 Å². The lowest BCUT2D eigenvalue weighted by Crippen LogP contribution is -2.64. The number of rotatable bonds is 6. The average Bonchev–Trinajstić information content (AvgIpc) is 2.27. The first-order chi connectivity index (χ1) is 8.78. The van der Waals surface area contributed by atoms with Crippen molar-refractivity contribution in [3.63, 3.8) is 0 Å². The minimum absolute atomic E-state index is 0.207. The second kappa shape index (κ2) is 6.68. The van der Waals surface area contributed by atoms with E-state index < -0.39 is 5.54 Å². The number of primary amides is 1. The lowest BCUT2D eigenvalue weighted by atomic mass is 9.97. The van der Waals surface area contributed by atoms with E-state index in [1.165, 1.54) is 0 Å². The van der Waals surface area contributed by atoms with Crippen LogP contribution in [0, 0.1) is 0 Å². The van der Waals surface area contributed by atoms with Gasteiger partial charge in [-0.25, -0.2) is 0 Å². The molecule has 1 aliphatic rings. The summed E-state index contributed by atoms with van der Waals surface area (Å²) in [5, 5.41) is 3.31. The summed E-state index contributed by atoms with van der Waals surface area (Å²) in [6.07, 6.45) is 1.22. The molecule has 0 aromatic carbocycles. The van der Waals surface area contributed by atoms with Crippen molar-refractivity contribution in [3.8, 4) is 0 Å². The molecule has 1 fully saturated rings. The summed E-state index contributed by atoms with van der Waals surface area (Å²) in [6.45, 7) is 12.4. The second-order valence-corrected chi connectivity index (χ2v) is 6.13. The molecule has 0 aliphatic carbocycles. The Kier molecular flexibility index (Phi) is 5.77. The van der Waals surface area contributed by atoms with E-state index in [2.05, 4.69) is 24.1 Å². The van der Waals surface area contributed by atoms with Gasteiger partial charge in [-0.2, -0.15) is 0 Å². The molecule has 1 heterocycles. The number of nitrogens with zero attached hydrogens (tertiary/aromatic N) is 1. The van der Waals surface area contributed by atoms with Crippen LogP contribution < -0.4 is 11.1 Å². The van der Waals surface area contributed by atoms with E-state index in [0.717, 1.165) is 19.6 Å². The van der Waals surface area contributed by atoms with Gasteiger partial charge in [-0.05, 0) is 34.1 Å². The van der Waals surface area contributed by atoms with Crippen LogP contribution in [0.25, 0.3) is 0 Å². The van der Waals surface area contributed by atoms with Crippen molar-refractivity contribution in [2.45, 2.75) is 64.8 Å². The fourth-order valence-electron chi connectivity index (χ4n) is 2.72. The molecule has 0 bridgehead atoms. The number of hydrogen-bond acceptors (Lipinski definition) is 4. The van der Waals surface area contributed by atoms with Gasteiger partial charge in [-0.15, -0.1) is 0 Å². The third-order valence-corrected chi connectivity index (χ3v) is 3.72. The average molecular weight is 271 g/mol. The fourth-order valence-corrected chi connectivity index (χ4v) is 2.72. The zero-order chi connectivity index (χ0) is 14.6. The molecular formula is C14H29N3O2. The van der Waals surface area contributed by atoms with Crippen LogP contribution in [-0.4, -0.2) is 54.2 Å². The molecule has 5 heteroatoms. The molecule has 0 spiro atoms. The smallest absolute Gasteiger partial charge is 0.238 e. The normalized spacial score (nSPS) is 28.3. The maximum absolute atomic E-state index is 11.8. The number of ether oxygens (including phenoxy) is 1. The van der Waals surface area contributed by atoms with Gasteiger partial charge in [0.15, 0.2) is 0 Å². The molecule has 1 aliphatic heterocycles. The Bertz CT molecular complexity index is 309. The predicted molar refractivity (Wildman–Crippen MR) is 76.9 cm³/mol. The van der Waals surface area contributed by atoms with Gasteiger partial charge >= 0.3 is 0 Å². The molecular weight excluding hydrogens is 242 g/mol. The Hall–Kier alpha value is -0.650. The highest BCUT2D eigenvalue weighted by atomic mass is 16.5. The summed E-state index contributed by atoms with van der Waals surface area (Å²) in [4.78, 5) is 14.1. The molecule has 3 atom stereocenters. The van der Waals surface area contributed by atoms with Crippen LogP contribution in [0.15, 0.2) is 0 Å². The third kappa shape index (κ3) is 4.44. The van der Waals surface area contributed by atoms with Crippen LogP contribution in [0.2, 0.25) is 0 Å². The third-order valence-electron chi connectivity index (χ3n) is 3.72. The van der Waals surface area contributed by atoms with Crippen LogP contribution in [0.5, 0.6) is 0 Å². The molecule has 0 aromatic heterocycles. The highest BCUT2D eigenvalue weighted by Gasteiger charge is 2.37. The zero-order valence-corrected chi connectivity index (χ0v) is 12.9. The van der Waals surface area contributed by atoms with Gasteiger partial charge in [0.1, 0.15) is 5.54 Å². The lowest BCUT2D eigenvalue weighted by molar-refractivity contribution is -0.127. The zero-order valence-electron chi connectivity index (χ0n) is 12.9. The molecule has 3 unspecified atom stereocenters. The molecule has 1 saturated heterocycles. The van der Waals surface area contributed by atoms with Gasteiger partial charge in [0.2, 0.25) is 5.91 Å². The van der Waals surface area contributed by atoms with Crippen LogP contribution in [0.3, 0.4) is 0 Å². The largest absolute Gasteiger partial charge is 0.376 e. The van der Waals surface area contributed by atoms with Crippen molar-refractivity contribution in [1.29, 1.82) is 0 Å². The number of amides is 1. The summed E-state index contributed by atoms with van der Waals surface area (Å²) in [5.74, 6) is -0.296. The van der Waals surface area contributed by atoms with Crippen LogP contribution >= 0.6 is 0 Å². The maximum atomic E-state index is 11.8. The molecule has 5 nitrogen and oxygen atoms in total. The Morgan fingerprint density at radius 2 is 2.21 bits per heavy atom. The van der Waals surface area contributed by atoms with Crippen LogP contribution in [0.1, 0.15) is 41.0 Å². The predicted octanol–water partition coefficient (Wildman–Crippen LogP) is 0.728. The van der Waals surface area contributed by atoms with Crippen molar-refractivity contribution in [2.24, 2.45) is 5.73 Å². The summed E-state index contributed by atoms with van der Waals surface area (Å²) < 4.78 is 5.69. The standard InChI is InChI=1S/C14H29N3O2/c1-6-12-8-19-11(4)7-17(12)9-14(5,13(15)18)16-10(2)3/h10-12,16H,6-9H2,1-5H3,(H2,15,18). The molecule has 0 radical (unpaired) electrons. The van der Waals surface area contributed by atoms with Gasteiger partial charge in [0, 0.05) is 25.2 Å². The van der Waals surface area contributed by atoms with E-state index in [0.29, 0.717) is 12.6 Å². The summed E-state index contributed by atoms with van der Waals surface area (Å²) in [5.41, 5.74) is 4.90. The Morgan fingerprint density at radius 3 is 2.68 bits per heavy atom. The number of carbonyl (C=O) groups excluding carboxylic acids is 1. The molecule has 3 N–H and O–H groups in total. The van der Waals surface area contributed by atoms with Crippen molar-refractivity contribution < 1.29 is 9.53 Å². The van der Waals surface area contributed by atoms with Gasteiger partial charge in [0.05, 0.1) is 12.7 Å². The molecule has 0 saturated carbocycles. The molecule has 112 valence electrons. The van der Waals surface area contributed by atoms with E-state index >= 15 is 0 Å². The summed E-state index contributed by atoms with van der Waals surface area (Å²) in [7, 11) is 0. The molecule has 1 amide bonds. The first-order valence-corrected chi connectivity index (χ1v) is 7.21. The van der Waals surface area contributed by atoms with E-state index in [1.54, 1.807) is 0 Å². The van der Waals surface area contributed by atoms with Gasteiger partial charge < -0.3 is 15.8 Å². The van der Waals surface area contributed by atoms with Gasteiger partial charge in [-0.1, -0.05) is 6.92 Å². The SMILES string of the molecule is CCC1COC(C)CN1CC(C)(NC(C)C)C(N)=O. The topological polar surface area (TPSA) is 67.6 Å². The number of nitrogens with one attached hydrogen (secondary N) is 1. The highest BCUT2D eigenvalue weighted by molar-refractivity contribution is 5.84. The number of hydrogen-bond donors (Lipinski definition) is 2. The molecule has 0 aromatic rings. The fraction of sp³-hybridized carbons (Fsp3) is 0.929. The van der Waals surface area contributed by atoms with E-state index in [4.69, 9.17) is 10.5 Å². The molecule has 1 rings (SSSR count). The van der Waals surface area contributed by atoms with Crippen LogP contribution in [0.4, 0.5) is 0 Å². The summed E-state index contributed by atoms with van der Waals surface area (Å²) in [6, 6.07) is 0.583. The van der Waals surface area contributed by atoms with E-state index in [9.17, 15) is 4.79 Å². The summed E-state index contributed by atoms with van der Waals surface area (Å²) >= 11 is 0. The minimum Gasteiger partial charge on any atom is -0.376 e. The van der Waals surface area contributed by atoms with Crippen molar-refractivity contribution in [3.05, 3.63) is 0 Å². The first kappa shape index (κ1) is 16.4. The van der Waals surface area contributed by atoms with Crippen molar-refractivity contribution in [2.75, 3.05) is 19.7 Å². The second-order valence-electron chi connectivity index (χ2n) is 6.13. The van der Waals surface area contributed by atoms with Crippen molar-refractivity contribution >= 4 is 5.91 Å². The number of morpholine rings is 1. The highest BCUT2D eigenvalue weighted by Crippen LogP contribution is 2.18. The Balaban J connectivity index is 2.78. The number of nitrogens with two attached hydrogens (primary N) is 1. The minimum atomic E-state index is -0.696. The monoisotopic (exact) mass is 271 g/mol. The Morgan fingerprint density at radius 1 is 1.58 bits per heavy atom. The molecule has 19 heavy (non-hydrogen) atoms. The quantitative estimate of drug-likeness (QED) is 0.747. The van der Waals surface area contributed by atoms with E-state index in [-0.39, 0.29) is 18.1 Å². The van der Waals surface area contributed by atoms with E-state index in [1.807, 2.05) is 20.8 Å². The first-order valence-electron chi connectivity index (χ1n) is 7.21.